The van der Waals surface area contributed by atoms with Gasteiger partial charge < -0.3 is 9.74 Å². The fourth-order valence-corrected chi connectivity index (χ4v) is 3.01. The van der Waals surface area contributed by atoms with Gasteiger partial charge in [-0.2, -0.15) is 0 Å². The summed E-state index contributed by atoms with van der Waals surface area (Å²) in [4.78, 5) is 19.9. The Hall–Kier alpha value is -2.28. The SMILES string of the molecule is CC(C)(C)C1=NOC2(CCN(C#CC(=O)c3ccccc3)CC2)C1. The molecule has 0 saturated carbocycles. The molecule has 1 saturated heterocycles. The van der Waals surface area contributed by atoms with Gasteiger partial charge in [-0.3, -0.25) is 4.79 Å². The lowest BCUT2D eigenvalue weighted by Gasteiger charge is -2.35. The first-order chi connectivity index (χ1) is 11.4. The monoisotopic (exact) mass is 324 g/mol. The average Bonchev–Trinajstić information content (AvgIpc) is 2.99. The second-order valence-electron chi connectivity index (χ2n) is 7.66. The second-order valence-corrected chi connectivity index (χ2v) is 7.66. The van der Waals surface area contributed by atoms with Crippen LogP contribution in [-0.2, 0) is 4.84 Å². The molecule has 1 spiro atoms. The zero-order valence-corrected chi connectivity index (χ0v) is 14.6. The van der Waals surface area contributed by atoms with E-state index in [4.69, 9.17) is 4.84 Å². The summed E-state index contributed by atoms with van der Waals surface area (Å²) in [5.41, 5.74) is 1.68. The zero-order chi connectivity index (χ0) is 17.2. The number of likely N-dealkylation sites (tertiary alicyclic amines) is 1. The largest absolute Gasteiger partial charge is 0.389 e. The molecule has 0 radical (unpaired) electrons. The number of Topliss-reactive ketones (excluding diaryl/α,β-unsaturated/α-hetero) is 1. The normalized spacial score (nSPS) is 19.3. The topological polar surface area (TPSA) is 41.9 Å². The van der Waals surface area contributed by atoms with Gasteiger partial charge in [0.05, 0.1) is 5.71 Å². The molecule has 2 aliphatic rings. The summed E-state index contributed by atoms with van der Waals surface area (Å²) in [5, 5.41) is 4.33. The molecule has 24 heavy (non-hydrogen) atoms. The molecule has 1 aromatic carbocycles. The third-order valence-electron chi connectivity index (χ3n) is 4.74. The Morgan fingerprint density at radius 2 is 1.88 bits per heavy atom. The van der Waals surface area contributed by atoms with Crippen molar-refractivity contribution in [3.8, 4) is 12.0 Å². The van der Waals surface area contributed by atoms with Crippen LogP contribution in [0, 0.1) is 17.4 Å². The number of hydrogen-bond donors (Lipinski definition) is 0. The first kappa shape index (κ1) is 16.6. The number of oxime groups is 1. The summed E-state index contributed by atoms with van der Waals surface area (Å²) in [6, 6.07) is 12.2. The van der Waals surface area contributed by atoms with Crippen LogP contribution in [0.3, 0.4) is 0 Å². The van der Waals surface area contributed by atoms with Crippen LogP contribution in [0.2, 0.25) is 0 Å². The van der Waals surface area contributed by atoms with E-state index in [-0.39, 0.29) is 16.8 Å². The molecule has 1 aromatic rings. The highest BCUT2D eigenvalue weighted by molar-refractivity contribution is 6.08. The summed E-state index contributed by atoms with van der Waals surface area (Å²) < 4.78 is 0. The van der Waals surface area contributed by atoms with E-state index >= 15 is 0 Å². The Balaban J connectivity index is 1.56. The van der Waals surface area contributed by atoms with Crippen molar-refractivity contribution in [3.05, 3.63) is 35.9 Å². The third kappa shape index (κ3) is 3.62. The van der Waals surface area contributed by atoms with Gasteiger partial charge in [-0.05, 0) is 5.92 Å². The van der Waals surface area contributed by atoms with Crippen molar-refractivity contribution in [3.63, 3.8) is 0 Å². The summed E-state index contributed by atoms with van der Waals surface area (Å²) in [7, 11) is 0. The van der Waals surface area contributed by atoms with E-state index in [2.05, 4.69) is 37.9 Å². The summed E-state index contributed by atoms with van der Waals surface area (Å²) >= 11 is 0. The molecule has 0 unspecified atom stereocenters. The lowest BCUT2D eigenvalue weighted by molar-refractivity contribution is -0.0537. The minimum atomic E-state index is -0.162. The fourth-order valence-electron chi connectivity index (χ4n) is 3.01. The molecule has 2 aliphatic heterocycles. The van der Waals surface area contributed by atoms with Crippen molar-refractivity contribution < 1.29 is 9.63 Å². The molecular weight excluding hydrogens is 300 g/mol. The third-order valence-corrected chi connectivity index (χ3v) is 4.74. The molecular formula is C20H24N2O2. The minimum Gasteiger partial charge on any atom is -0.389 e. The van der Waals surface area contributed by atoms with Crippen molar-refractivity contribution in [2.24, 2.45) is 10.6 Å². The number of piperidine rings is 1. The lowest BCUT2D eigenvalue weighted by atomic mass is 9.79. The predicted octanol–water partition coefficient (Wildman–Crippen LogP) is 3.49. The molecule has 0 bridgehead atoms. The maximum Gasteiger partial charge on any atom is 0.237 e. The molecule has 4 heteroatoms. The van der Waals surface area contributed by atoms with Crippen LogP contribution in [0.25, 0.3) is 0 Å². The van der Waals surface area contributed by atoms with Gasteiger partial charge in [0.25, 0.3) is 0 Å². The minimum absolute atomic E-state index is 0.0581. The van der Waals surface area contributed by atoms with Crippen LogP contribution in [0.4, 0.5) is 0 Å². The summed E-state index contributed by atoms with van der Waals surface area (Å²) in [6.45, 7) is 8.13. The second kappa shape index (κ2) is 6.32. The Bertz CT molecular complexity index is 697. The van der Waals surface area contributed by atoms with E-state index in [0.717, 1.165) is 38.1 Å². The van der Waals surface area contributed by atoms with Crippen LogP contribution in [0.1, 0.15) is 50.4 Å². The van der Waals surface area contributed by atoms with E-state index in [0.29, 0.717) is 5.56 Å². The van der Waals surface area contributed by atoms with E-state index in [9.17, 15) is 4.79 Å². The Morgan fingerprint density at radius 3 is 2.46 bits per heavy atom. The maximum atomic E-state index is 12.0. The predicted molar refractivity (Wildman–Crippen MR) is 94.7 cm³/mol. The van der Waals surface area contributed by atoms with Crippen molar-refractivity contribution in [2.75, 3.05) is 13.1 Å². The number of carbonyl (C=O) groups excluding carboxylic acids is 1. The van der Waals surface area contributed by atoms with Gasteiger partial charge in [-0.1, -0.05) is 56.3 Å². The number of rotatable bonds is 1. The molecule has 126 valence electrons. The van der Waals surface area contributed by atoms with Gasteiger partial charge in [-0.15, -0.1) is 0 Å². The van der Waals surface area contributed by atoms with Crippen LogP contribution in [0.5, 0.6) is 0 Å². The number of benzene rings is 1. The molecule has 4 nitrogen and oxygen atoms in total. The van der Waals surface area contributed by atoms with Gasteiger partial charge in [0.15, 0.2) is 0 Å². The van der Waals surface area contributed by atoms with Crippen molar-refractivity contribution >= 4 is 11.5 Å². The number of carbonyl (C=O) groups is 1. The molecule has 0 atom stereocenters. The zero-order valence-electron chi connectivity index (χ0n) is 14.6. The van der Waals surface area contributed by atoms with Crippen LogP contribution >= 0.6 is 0 Å². The molecule has 3 rings (SSSR count). The fraction of sp³-hybridized carbons (Fsp3) is 0.500. The van der Waals surface area contributed by atoms with Gasteiger partial charge in [0, 0.05) is 49.4 Å². The molecule has 0 amide bonds. The van der Waals surface area contributed by atoms with Gasteiger partial charge in [-0.25, -0.2) is 0 Å². The molecule has 0 aliphatic carbocycles. The highest BCUT2D eigenvalue weighted by atomic mass is 16.7. The van der Waals surface area contributed by atoms with Gasteiger partial charge >= 0.3 is 0 Å². The summed E-state index contributed by atoms with van der Waals surface area (Å²) in [6.07, 6.45) is 2.69. The quantitative estimate of drug-likeness (QED) is 0.586. The highest BCUT2D eigenvalue weighted by Crippen LogP contribution is 2.38. The Kier molecular flexibility index (Phi) is 4.36. The van der Waals surface area contributed by atoms with E-state index < -0.39 is 0 Å². The molecule has 2 heterocycles. The Morgan fingerprint density at radius 1 is 1.21 bits per heavy atom. The van der Waals surface area contributed by atoms with Crippen molar-refractivity contribution in [1.29, 1.82) is 0 Å². The highest BCUT2D eigenvalue weighted by Gasteiger charge is 2.44. The number of nitrogens with zero attached hydrogens (tertiary/aromatic N) is 2. The first-order valence-electron chi connectivity index (χ1n) is 8.50. The maximum absolute atomic E-state index is 12.0. The molecule has 1 fully saturated rings. The van der Waals surface area contributed by atoms with E-state index in [1.54, 1.807) is 12.1 Å². The van der Waals surface area contributed by atoms with Crippen molar-refractivity contribution in [1.82, 2.24) is 4.90 Å². The van der Waals surface area contributed by atoms with E-state index in [1.807, 2.05) is 23.1 Å². The van der Waals surface area contributed by atoms with Crippen LogP contribution < -0.4 is 0 Å². The Labute approximate surface area is 143 Å². The standard InChI is InChI=1S/C20H24N2O2/c1-19(2,3)18-15-20(24-21-18)10-13-22(14-11-20)12-9-17(23)16-7-5-4-6-8-16/h4-8H,10-11,13-15H2,1-3H3. The lowest BCUT2D eigenvalue weighted by Crippen LogP contribution is -2.43. The number of ketones is 1. The summed E-state index contributed by atoms with van der Waals surface area (Å²) in [5.74, 6) is 2.62. The van der Waals surface area contributed by atoms with Crippen LogP contribution in [0.15, 0.2) is 35.5 Å². The van der Waals surface area contributed by atoms with Crippen LogP contribution in [-0.4, -0.2) is 35.1 Å². The smallest absolute Gasteiger partial charge is 0.237 e. The first-order valence-corrected chi connectivity index (χ1v) is 8.50. The number of hydrogen-bond acceptors (Lipinski definition) is 4. The van der Waals surface area contributed by atoms with Gasteiger partial charge in [0.1, 0.15) is 5.60 Å². The van der Waals surface area contributed by atoms with Gasteiger partial charge in [0.2, 0.25) is 5.78 Å². The van der Waals surface area contributed by atoms with Crippen molar-refractivity contribution in [2.45, 2.75) is 45.6 Å². The van der Waals surface area contributed by atoms with E-state index in [1.165, 1.54) is 0 Å². The molecule has 0 aromatic heterocycles. The average molecular weight is 324 g/mol. The molecule has 0 N–H and O–H groups in total.